The van der Waals surface area contributed by atoms with E-state index in [0.29, 0.717) is 0 Å². The molecule has 1 aromatic heterocycles. The van der Waals surface area contributed by atoms with E-state index in [1.165, 1.54) is 11.3 Å². The van der Waals surface area contributed by atoms with Crippen LogP contribution in [0.3, 0.4) is 0 Å². The van der Waals surface area contributed by atoms with Crippen molar-refractivity contribution in [3.8, 4) is 0 Å². The van der Waals surface area contributed by atoms with E-state index in [0.717, 1.165) is 19.5 Å². The Bertz CT molecular complexity index is 306. The van der Waals surface area contributed by atoms with Crippen molar-refractivity contribution in [1.29, 1.82) is 0 Å². The van der Waals surface area contributed by atoms with Crippen LogP contribution in [0.25, 0.3) is 0 Å². The van der Waals surface area contributed by atoms with Gasteiger partial charge in [-0.25, -0.2) is 0 Å². The average molecular weight is 179 g/mol. The zero-order valence-electron chi connectivity index (χ0n) is 8.59. The fourth-order valence-corrected chi connectivity index (χ4v) is 1.83. The Morgan fingerprint density at radius 3 is 2.92 bits per heavy atom. The molecule has 0 aromatic carbocycles. The molecule has 0 amide bonds. The molecule has 1 aromatic rings. The summed E-state index contributed by atoms with van der Waals surface area (Å²) in [4.78, 5) is 0. The lowest BCUT2D eigenvalue weighted by Crippen LogP contribution is -2.30. The van der Waals surface area contributed by atoms with Gasteiger partial charge in [-0.2, -0.15) is 5.10 Å². The number of rotatable bonds is 0. The van der Waals surface area contributed by atoms with E-state index < -0.39 is 0 Å². The second kappa shape index (κ2) is 2.84. The summed E-state index contributed by atoms with van der Waals surface area (Å²) in [6.07, 6.45) is 3.10. The van der Waals surface area contributed by atoms with Gasteiger partial charge in [0.1, 0.15) is 0 Å². The first-order chi connectivity index (χ1) is 6.09. The second-order valence-electron chi connectivity index (χ2n) is 4.63. The molecule has 2 heterocycles. The first-order valence-electron chi connectivity index (χ1n) is 4.86. The molecule has 72 valence electrons. The van der Waals surface area contributed by atoms with Gasteiger partial charge >= 0.3 is 0 Å². The van der Waals surface area contributed by atoms with E-state index in [1.807, 2.05) is 6.20 Å². The number of hydrogen-bond donors (Lipinski definition) is 1. The minimum atomic E-state index is 0.116. The summed E-state index contributed by atoms with van der Waals surface area (Å²) in [6.45, 7) is 8.65. The van der Waals surface area contributed by atoms with E-state index in [2.05, 4.69) is 35.9 Å². The normalized spacial score (nSPS) is 17.2. The number of nitrogens with zero attached hydrogens (tertiary/aromatic N) is 2. The summed E-state index contributed by atoms with van der Waals surface area (Å²) in [5, 5.41) is 7.80. The van der Waals surface area contributed by atoms with Crippen molar-refractivity contribution in [2.24, 2.45) is 0 Å². The van der Waals surface area contributed by atoms with Gasteiger partial charge in [0.25, 0.3) is 0 Å². The molecule has 13 heavy (non-hydrogen) atoms. The minimum Gasteiger partial charge on any atom is -0.312 e. The van der Waals surface area contributed by atoms with E-state index in [1.54, 1.807) is 0 Å². The van der Waals surface area contributed by atoms with Gasteiger partial charge in [0.15, 0.2) is 0 Å². The van der Waals surface area contributed by atoms with Crippen molar-refractivity contribution < 1.29 is 0 Å². The molecule has 0 radical (unpaired) electrons. The molecular weight excluding hydrogens is 162 g/mol. The fraction of sp³-hybridized carbons (Fsp3) is 0.700. The Hall–Kier alpha value is -0.830. The molecule has 3 heteroatoms. The molecule has 0 fully saturated rings. The number of hydrogen-bond acceptors (Lipinski definition) is 2. The first-order valence-corrected chi connectivity index (χ1v) is 4.86. The van der Waals surface area contributed by atoms with Crippen LogP contribution in [0, 0.1) is 0 Å². The molecule has 0 atom stereocenters. The number of nitrogens with one attached hydrogen (secondary N) is 1. The van der Waals surface area contributed by atoms with Gasteiger partial charge in [-0.3, -0.25) is 4.68 Å². The maximum Gasteiger partial charge on any atom is 0.0546 e. The molecule has 0 saturated carbocycles. The lowest BCUT2D eigenvalue weighted by atomic mass is 10.1. The quantitative estimate of drug-likeness (QED) is 0.650. The minimum absolute atomic E-state index is 0.116. The zero-order chi connectivity index (χ0) is 9.47. The molecule has 1 aliphatic rings. The van der Waals surface area contributed by atoms with Crippen molar-refractivity contribution in [3.05, 3.63) is 17.5 Å². The van der Waals surface area contributed by atoms with Crippen LogP contribution in [0.15, 0.2) is 6.20 Å². The van der Waals surface area contributed by atoms with Crippen molar-refractivity contribution in [2.75, 3.05) is 6.54 Å². The maximum atomic E-state index is 4.45. The lowest BCUT2D eigenvalue weighted by Gasteiger charge is -2.24. The molecule has 1 N–H and O–H groups in total. The van der Waals surface area contributed by atoms with Crippen LogP contribution in [0.4, 0.5) is 0 Å². The summed E-state index contributed by atoms with van der Waals surface area (Å²) in [7, 11) is 0. The van der Waals surface area contributed by atoms with Crippen LogP contribution in [0.1, 0.15) is 32.0 Å². The summed E-state index contributed by atoms with van der Waals surface area (Å²) < 4.78 is 2.16. The van der Waals surface area contributed by atoms with E-state index in [9.17, 15) is 0 Å². The molecule has 0 aliphatic carbocycles. The Morgan fingerprint density at radius 2 is 2.23 bits per heavy atom. The predicted octanol–water partition coefficient (Wildman–Crippen LogP) is 1.28. The summed E-state index contributed by atoms with van der Waals surface area (Å²) in [6, 6.07) is 0. The molecule has 0 unspecified atom stereocenters. The molecule has 1 aliphatic heterocycles. The molecular formula is C10H17N3. The topological polar surface area (TPSA) is 29.9 Å². The average Bonchev–Trinajstić information content (AvgIpc) is 2.45. The van der Waals surface area contributed by atoms with Crippen molar-refractivity contribution in [1.82, 2.24) is 15.1 Å². The van der Waals surface area contributed by atoms with Gasteiger partial charge in [-0.1, -0.05) is 0 Å². The van der Waals surface area contributed by atoms with Gasteiger partial charge in [0.2, 0.25) is 0 Å². The Labute approximate surface area is 79.1 Å². The SMILES string of the molecule is CC(C)(C)n1ncc2c1CCNC2. The summed E-state index contributed by atoms with van der Waals surface area (Å²) in [5.74, 6) is 0. The van der Waals surface area contributed by atoms with E-state index >= 15 is 0 Å². The second-order valence-corrected chi connectivity index (χ2v) is 4.63. The summed E-state index contributed by atoms with van der Waals surface area (Å²) in [5.41, 5.74) is 2.89. The largest absolute Gasteiger partial charge is 0.312 e. The van der Waals surface area contributed by atoms with Gasteiger partial charge < -0.3 is 5.32 Å². The van der Waals surface area contributed by atoms with Crippen molar-refractivity contribution in [2.45, 2.75) is 39.3 Å². The third kappa shape index (κ3) is 1.48. The first kappa shape index (κ1) is 8.75. The van der Waals surface area contributed by atoms with Gasteiger partial charge in [0.05, 0.1) is 11.7 Å². The third-order valence-electron chi connectivity index (χ3n) is 2.44. The van der Waals surface area contributed by atoms with Gasteiger partial charge in [-0.15, -0.1) is 0 Å². The smallest absolute Gasteiger partial charge is 0.0546 e. The lowest BCUT2D eigenvalue weighted by molar-refractivity contribution is 0.340. The highest BCUT2D eigenvalue weighted by atomic mass is 15.3. The summed E-state index contributed by atoms with van der Waals surface area (Å²) >= 11 is 0. The van der Waals surface area contributed by atoms with Gasteiger partial charge in [0, 0.05) is 30.8 Å². The predicted molar refractivity (Wildman–Crippen MR) is 52.6 cm³/mol. The standard InChI is InChI=1S/C10H17N3/c1-10(2,3)13-9-4-5-11-6-8(9)7-12-13/h7,11H,4-6H2,1-3H3. The third-order valence-corrected chi connectivity index (χ3v) is 2.44. The van der Waals surface area contributed by atoms with Crippen LogP contribution in [0.5, 0.6) is 0 Å². The van der Waals surface area contributed by atoms with Crippen LogP contribution in [-0.4, -0.2) is 16.3 Å². The molecule has 0 spiro atoms. The molecule has 0 bridgehead atoms. The maximum absolute atomic E-state index is 4.45. The zero-order valence-corrected chi connectivity index (χ0v) is 8.59. The van der Waals surface area contributed by atoms with Crippen LogP contribution >= 0.6 is 0 Å². The monoisotopic (exact) mass is 179 g/mol. The van der Waals surface area contributed by atoms with Crippen LogP contribution in [-0.2, 0) is 18.5 Å². The molecule has 0 saturated heterocycles. The Balaban J connectivity index is 2.43. The highest BCUT2D eigenvalue weighted by molar-refractivity contribution is 5.21. The van der Waals surface area contributed by atoms with Crippen molar-refractivity contribution >= 4 is 0 Å². The van der Waals surface area contributed by atoms with Gasteiger partial charge in [-0.05, 0) is 20.8 Å². The van der Waals surface area contributed by atoms with Crippen molar-refractivity contribution in [3.63, 3.8) is 0 Å². The Morgan fingerprint density at radius 1 is 1.46 bits per heavy atom. The van der Waals surface area contributed by atoms with E-state index in [4.69, 9.17) is 0 Å². The van der Waals surface area contributed by atoms with E-state index in [-0.39, 0.29) is 5.54 Å². The molecule has 2 rings (SSSR count). The number of aromatic nitrogens is 2. The van der Waals surface area contributed by atoms with Crippen LogP contribution < -0.4 is 5.32 Å². The number of fused-ring (bicyclic) bond motifs is 1. The van der Waals surface area contributed by atoms with Crippen LogP contribution in [0.2, 0.25) is 0 Å². The Kier molecular flexibility index (Phi) is 1.91. The fourth-order valence-electron chi connectivity index (χ4n) is 1.83. The highest BCUT2D eigenvalue weighted by Gasteiger charge is 2.21. The highest BCUT2D eigenvalue weighted by Crippen LogP contribution is 2.20. The molecule has 3 nitrogen and oxygen atoms in total.